The first kappa shape index (κ1) is 29.9. The minimum atomic E-state index is -2.74. The Balaban J connectivity index is 0.000000317. The first-order valence-corrected chi connectivity index (χ1v) is 12.1. The number of carbonyl (C=O) groups is 3. The van der Waals surface area contributed by atoms with Gasteiger partial charge < -0.3 is 30.7 Å². The second kappa shape index (κ2) is 12.3. The second-order valence-corrected chi connectivity index (χ2v) is 10.9. The third-order valence-corrected chi connectivity index (χ3v) is 6.11. The lowest BCUT2D eigenvalue weighted by atomic mass is 9.79. The number of aliphatic carboxylic acids is 3. The van der Waals surface area contributed by atoms with Gasteiger partial charge in [-0.2, -0.15) is 0 Å². The Hall–Kier alpha value is -3.28. The molecule has 1 aromatic heterocycles. The van der Waals surface area contributed by atoms with Crippen molar-refractivity contribution in [2.45, 2.75) is 89.2 Å². The summed E-state index contributed by atoms with van der Waals surface area (Å²) < 4.78 is 0. The number of imidazole rings is 1. The highest BCUT2D eigenvalue weighted by molar-refractivity contribution is 5.88. The molecule has 0 unspecified atom stereocenters. The lowest BCUT2D eigenvalue weighted by molar-refractivity contribution is -0.170. The Morgan fingerprint density at radius 3 is 1.95 bits per heavy atom. The molecule has 6 N–H and O–H groups in total. The van der Waals surface area contributed by atoms with Crippen molar-refractivity contribution in [3.8, 4) is 0 Å². The number of aliphatic hydroxyl groups is 1. The topological polar surface area (TPSA) is 176 Å². The third-order valence-electron chi connectivity index (χ3n) is 6.11. The minimum Gasteiger partial charge on any atom is -0.481 e. The van der Waals surface area contributed by atoms with Gasteiger partial charge in [0.05, 0.1) is 19.4 Å². The van der Waals surface area contributed by atoms with Gasteiger partial charge in [-0.15, -0.1) is 0 Å². The normalized spacial score (nSPS) is 17.0. The van der Waals surface area contributed by atoms with E-state index in [0.29, 0.717) is 6.04 Å². The van der Waals surface area contributed by atoms with E-state index in [1.165, 1.54) is 5.56 Å². The van der Waals surface area contributed by atoms with Gasteiger partial charge in [-0.25, -0.2) is 9.78 Å². The van der Waals surface area contributed by atoms with Crippen LogP contribution in [0.5, 0.6) is 0 Å². The molecule has 0 bridgehead atoms. The van der Waals surface area contributed by atoms with Gasteiger partial charge in [-0.3, -0.25) is 14.5 Å². The zero-order chi connectivity index (χ0) is 27.9. The van der Waals surface area contributed by atoms with Crippen LogP contribution < -0.4 is 5.32 Å². The molecule has 37 heavy (non-hydrogen) atoms. The molecule has 1 saturated heterocycles. The Bertz CT molecular complexity index is 1010. The van der Waals surface area contributed by atoms with Crippen molar-refractivity contribution in [3.63, 3.8) is 0 Å². The molecule has 1 aromatic carbocycles. The molecule has 0 saturated carbocycles. The Kier molecular flexibility index (Phi) is 9.96. The number of hydrogen-bond acceptors (Lipinski definition) is 7. The highest BCUT2D eigenvalue weighted by atomic mass is 16.4. The van der Waals surface area contributed by atoms with Gasteiger partial charge in [0.2, 0.25) is 0 Å². The molecule has 1 aliphatic rings. The second-order valence-electron chi connectivity index (χ2n) is 10.9. The van der Waals surface area contributed by atoms with Gasteiger partial charge in [-0.05, 0) is 46.1 Å². The Morgan fingerprint density at radius 1 is 0.973 bits per heavy atom. The SMILES string of the molecule is CC1(C)CC(N(Cc2ccccc2)Cc2ncc[nH]2)CC(C)(C)N1.O=C(O)CC(O)(CC(=O)O)C(=O)O. The molecular weight excluding hydrogens is 480 g/mol. The van der Waals surface area contributed by atoms with E-state index in [1.54, 1.807) is 0 Å². The third kappa shape index (κ3) is 9.95. The van der Waals surface area contributed by atoms with Gasteiger partial charge in [0, 0.05) is 36.1 Å². The summed E-state index contributed by atoms with van der Waals surface area (Å²) >= 11 is 0. The maximum atomic E-state index is 10.3. The lowest BCUT2D eigenvalue weighted by Crippen LogP contribution is -2.62. The number of rotatable bonds is 10. The van der Waals surface area contributed by atoms with Crippen LogP contribution >= 0.6 is 0 Å². The van der Waals surface area contributed by atoms with Crippen molar-refractivity contribution in [2.24, 2.45) is 0 Å². The van der Waals surface area contributed by atoms with Crippen LogP contribution in [-0.2, 0) is 27.5 Å². The number of aromatic amines is 1. The first-order chi connectivity index (χ1) is 17.1. The van der Waals surface area contributed by atoms with Crippen LogP contribution in [0.2, 0.25) is 0 Å². The molecule has 1 fully saturated rings. The number of H-pyrrole nitrogens is 1. The van der Waals surface area contributed by atoms with E-state index in [2.05, 4.69) is 78.2 Å². The number of carboxylic acid groups (broad SMARTS) is 3. The molecule has 2 aromatic rings. The van der Waals surface area contributed by atoms with Crippen LogP contribution in [0.1, 0.15) is 64.8 Å². The molecule has 0 spiro atoms. The van der Waals surface area contributed by atoms with Crippen LogP contribution in [0.25, 0.3) is 0 Å². The highest BCUT2D eigenvalue weighted by Gasteiger charge is 2.41. The fraction of sp³-hybridized carbons (Fsp3) is 0.538. The van der Waals surface area contributed by atoms with Crippen molar-refractivity contribution >= 4 is 17.9 Å². The van der Waals surface area contributed by atoms with Crippen molar-refractivity contribution in [2.75, 3.05) is 0 Å². The zero-order valence-electron chi connectivity index (χ0n) is 21.8. The van der Waals surface area contributed by atoms with E-state index < -0.39 is 36.4 Å². The molecule has 1 aliphatic heterocycles. The molecule has 0 aliphatic carbocycles. The number of aromatic nitrogens is 2. The standard InChI is InChI=1S/C20H30N4.C6H8O7/c1-19(2)12-17(13-20(3,4)23-19)24(15-18-21-10-11-22-18)14-16-8-6-5-7-9-16;7-3(8)1-6(13,5(11)12)2-4(9)10/h5-11,17,23H,12-15H2,1-4H3,(H,21,22);13H,1-2H2,(H,7,8)(H,9,10)(H,11,12). The molecule has 11 nitrogen and oxygen atoms in total. The van der Waals surface area contributed by atoms with Crippen LogP contribution in [0.15, 0.2) is 42.7 Å². The highest BCUT2D eigenvalue weighted by Crippen LogP contribution is 2.32. The summed E-state index contributed by atoms with van der Waals surface area (Å²) in [6, 6.07) is 11.3. The van der Waals surface area contributed by atoms with Gasteiger partial charge in [-0.1, -0.05) is 30.3 Å². The van der Waals surface area contributed by atoms with Crippen molar-refractivity contribution < 1.29 is 34.8 Å². The van der Waals surface area contributed by atoms with Gasteiger partial charge in [0.15, 0.2) is 5.60 Å². The van der Waals surface area contributed by atoms with E-state index in [0.717, 1.165) is 31.8 Å². The summed E-state index contributed by atoms with van der Waals surface area (Å²) in [5, 5.41) is 37.6. The zero-order valence-corrected chi connectivity index (χ0v) is 21.8. The summed E-state index contributed by atoms with van der Waals surface area (Å²) in [7, 11) is 0. The quantitative estimate of drug-likeness (QED) is 0.274. The van der Waals surface area contributed by atoms with E-state index in [1.807, 2.05) is 12.4 Å². The summed E-state index contributed by atoms with van der Waals surface area (Å²) in [4.78, 5) is 40.8. The summed E-state index contributed by atoms with van der Waals surface area (Å²) in [6.45, 7) is 11.1. The molecule has 2 heterocycles. The summed E-state index contributed by atoms with van der Waals surface area (Å²) in [6.07, 6.45) is 3.75. The number of hydrogen-bond donors (Lipinski definition) is 6. The number of nitrogens with one attached hydrogen (secondary N) is 2. The first-order valence-electron chi connectivity index (χ1n) is 12.1. The van der Waals surface area contributed by atoms with Crippen LogP contribution in [0, 0.1) is 0 Å². The fourth-order valence-electron chi connectivity index (χ4n) is 4.95. The predicted molar refractivity (Wildman–Crippen MR) is 136 cm³/mol. The largest absolute Gasteiger partial charge is 0.481 e. The predicted octanol–water partition coefficient (Wildman–Crippen LogP) is 2.47. The number of carboxylic acids is 3. The Morgan fingerprint density at radius 2 is 1.51 bits per heavy atom. The van der Waals surface area contributed by atoms with Gasteiger partial charge >= 0.3 is 17.9 Å². The van der Waals surface area contributed by atoms with E-state index in [4.69, 9.17) is 20.4 Å². The summed E-state index contributed by atoms with van der Waals surface area (Å²) in [5.74, 6) is -3.98. The Labute approximate surface area is 216 Å². The van der Waals surface area contributed by atoms with Crippen molar-refractivity contribution in [1.29, 1.82) is 0 Å². The van der Waals surface area contributed by atoms with Gasteiger partial charge in [0.25, 0.3) is 0 Å². The average molecular weight is 519 g/mol. The van der Waals surface area contributed by atoms with Crippen molar-refractivity contribution in [3.05, 3.63) is 54.1 Å². The number of benzene rings is 1. The van der Waals surface area contributed by atoms with Gasteiger partial charge in [0.1, 0.15) is 5.82 Å². The van der Waals surface area contributed by atoms with Crippen LogP contribution in [0.3, 0.4) is 0 Å². The molecule has 204 valence electrons. The fourth-order valence-corrected chi connectivity index (χ4v) is 4.95. The molecule has 3 rings (SSSR count). The lowest BCUT2D eigenvalue weighted by Gasteiger charge is -2.49. The van der Waals surface area contributed by atoms with E-state index in [9.17, 15) is 14.4 Å². The van der Waals surface area contributed by atoms with Crippen molar-refractivity contribution in [1.82, 2.24) is 20.2 Å². The molecular formula is C26H38N4O7. The van der Waals surface area contributed by atoms with E-state index >= 15 is 0 Å². The monoisotopic (exact) mass is 518 g/mol. The number of nitrogens with zero attached hydrogens (tertiary/aromatic N) is 2. The molecule has 0 amide bonds. The number of piperidine rings is 1. The molecule has 0 atom stereocenters. The van der Waals surface area contributed by atoms with Crippen LogP contribution in [-0.4, -0.2) is 75.9 Å². The van der Waals surface area contributed by atoms with E-state index in [-0.39, 0.29) is 11.1 Å². The molecule has 0 radical (unpaired) electrons. The minimum absolute atomic E-state index is 0.143. The maximum absolute atomic E-state index is 10.3. The summed E-state index contributed by atoms with van der Waals surface area (Å²) in [5.41, 5.74) is -1.09. The van der Waals surface area contributed by atoms with Crippen LogP contribution in [0.4, 0.5) is 0 Å². The average Bonchev–Trinajstić information content (AvgIpc) is 3.24. The smallest absolute Gasteiger partial charge is 0.336 e. The maximum Gasteiger partial charge on any atom is 0.336 e. The molecule has 11 heteroatoms.